The van der Waals surface area contributed by atoms with Crippen molar-refractivity contribution in [2.45, 2.75) is 18.9 Å². The average Bonchev–Trinajstić information content (AvgIpc) is 2.69. The van der Waals surface area contributed by atoms with E-state index in [1.165, 1.54) is 0 Å². The lowest BCUT2D eigenvalue weighted by Gasteiger charge is -2.29. The summed E-state index contributed by atoms with van der Waals surface area (Å²) in [4.78, 5) is 12.9. The number of rotatable bonds is 5. The van der Waals surface area contributed by atoms with Crippen molar-refractivity contribution in [2.75, 3.05) is 0 Å². The van der Waals surface area contributed by atoms with Crippen molar-refractivity contribution in [2.24, 2.45) is 0 Å². The third kappa shape index (κ3) is 3.78. The highest BCUT2D eigenvalue weighted by Crippen LogP contribution is 2.30. The summed E-state index contributed by atoms with van der Waals surface area (Å²) >= 11 is 0. The van der Waals surface area contributed by atoms with Crippen LogP contribution in [-0.4, -0.2) is 16.2 Å². The second-order valence-electron chi connectivity index (χ2n) is 6.04. The van der Waals surface area contributed by atoms with Gasteiger partial charge in [-0.2, -0.15) is 0 Å². The van der Waals surface area contributed by atoms with Crippen LogP contribution in [0.4, 0.5) is 0 Å². The highest BCUT2D eigenvalue weighted by Gasteiger charge is 2.29. The van der Waals surface area contributed by atoms with Gasteiger partial charge >= 0.3 is 0 Å². The summed E-state index contributed by atoms with van der Waals surface area (Å²) in [6, 6.07) is 28.1. The number of carbonyl (C=O) groups is 1. The predicted molar refractivity (Wildman–Crippen MR) is 98.2 cm³/mol. The van der Waals surface area contributed by atoms with Gasteiger partial charge in [0.2, 0.25) is 0 Å². The monoisotopic (exact) mass is 331 g/mol. The van der Waals surface area contributed by atoms with Crippen LogP contribution in [0.2, 0.25) is 0 Å². The fourth-order valence-electron chi connectivity index (χ4n) is 2.96. The Morgan fingerprint density at radius 2 is 1.08 bits per heavy atom. The van der Waals surface area contributed by atoms with Crippen LogP contribution in [-0.2, 0) is 4.79 Å². The van der Waals surface area contributed by atoms with Gasteiger partial charge in [-0.15, -0.1) is 0 Å². The maximum Gasteiger partial charge on any atom is 0.254 e. The van der Waals surface area contributed by atoms with Crippen molar-refractivity contribution in [3.05, 3.63) is 108 Å². The number of hydroxylamine groups is 2. The Kier molecular flexibility index (Phi) is 5.26. The molecule has 1 atom stereocenters. The summed E-state index contributed by atoms with van der Waals surface area (Å²) in [5, 5.41) is 11.7. The molecule has 0 unspecified atom stereocenters. The van der Waals surface area contributed by atoms with Crippen molar-refractivity contribution >= 4 is 5.91 Å². The van der Waals surface area contributed by atoms with Crippen molar-refractivity contribution < 1.29 is 10.0 Å². The molecular formula is C22H21NO2. The van der Waals surface area contributed by atoms with Gasteiger partial charge in [0.1, 0.15) is 6.04 Å². The predicted octanol–water partition coefficient (Wildman–Crippen LogP) is 4.80. The minimum Gasteiger partial charge on any atom is -0.285 e. The van der Waals surface area contributed by atoms with Gasteiger partial charge in [-0.05, 0) is 23.6 Å². The maximum absolute atomic E-state index is 12.9. The van der Waals surface area contributed by atoms with Crippen LogP contribution >= 0.6 is 0 Å². The van der Waals surface area contributed by atoms with E-state index in [0.717, 1.165) is 21.8 Å². The van der Waals surface area contributed by atoms with Crippen LogP contribution in [0, 0.1) is 0 Å². The lowest BCUT2D eigenvalue weighted by atomic mass is 9.95. The molecule has 0 aliphatic heterocycles. The lowest BCUT2D eigenvalue weighted by molar-refractivity contribution is -0.174. The molecule has 3 rings (SSSR count). The zero-order valence-corrected chi connectivity index (χ0v) is 14.1. The number of carbonyl (C=O) groups excluding carboxylic acids is 1. The molecule has 1 N–H and O–H groups in total. The van der Waals surface area contributed by atoms with Gasteiger partial charge in [0.15, 0.2) is 0 Å². The standard InChI is InChI=1S/C22H21NO2/c1-17(18-11-5-2-6-12-18)22(24)23(25)21(19-13-7-3-8-14-19)20-15-9-4-10-16-20/h2-17,21,25H,1H3/t17-/m1/s1. The van der Waals surface area contributed by atoms with Crippen LogP contribution in [0.15, 0.2) is 91.0 Å². The van der Waals surface area contributed by atoms with E-state index < -0.39 is 12.0 Å². The van der Waals surface area contributed by atoms with E-state index in [9.17, 15) is 10.0 Å². The van der Waals surface area contributed by atoms with Crippen molar-refractivity contribution in [1.82, 2.24) is 5.06 Å². The first-order valence-electron chi connectivity index (χ1n) is 8.35. The Labute approximate surface area is 148 Å². The zero-order valence-electron chi connectivity index (χ0n) is 14.1. The molecule has 3 heteroatoms. The lowest BCUT2D eigenvalue weighted by Crippen LogP contribution is -2.35. The molecule has 0 radical (unpaired) electrons. The van der Waals surface area contributed by atoms with Gasteiger partial charge in [0.05, 0.1) is 5.92 Å². The quantitative estimate of drug-likeness (QED) is 0.539. The molecule has 3 aromatic rings. The Morgan fingerprint density at radius 3 is 1.48 bits per heavy atom. The summed E-state index contributed by atoms with van der Waals surface area (Å²) in [5.41, 5.74) is 2.61. The molecule has 0 fully saturated rings. The van der Waals surface area contributed by atoms with E-state index in [1.54, 1.807) is 0 Å². The Balaban J connectivity index is 1.94. The molecule has 1 amide bonds. The number of hydrogen-bond donors (Lipinski definition) is 1. The fourth-order valence-corrected chi connectivity index (χ4v) is 2.96. The largest absolute Gasteiger partial charge is 0.285 e. The van der Waals surface area contributed by atoms with Crippen LogP contribution in [0.3, 0.4) is 0 Å². The molecule has 0 spiro atoms. The number of nitrogens with zero attached hydrogens (tertiary/aromatic N) is 1. The first-order valence-corrected chi connectivity index (χ1v) is 8.35. The SMILES string of the molecule is C[C@@H](C(=O)N(O)C(c1ccccc1)c1ccccc1)c1ccccc1. The fraction of sp³-hybridized carbons (Fsp3) is 0.136. The van der Waals surface area contributed by atoms with Gasteiger partial charge in [0.25, 0.3) is 5.91 Å². The molecular weight excluding hydrogens is 310 g/mol. The highest BCUT2D eigenvalue weighted by atomic mass is 16.5. The molecule has 126 valence electrons. The third-order valence-electron chi connectivity index (χ3n) is 4.37. The minimum atomic E-state index is -0.541. The van der Waals surface area contributed by atoms with Crippen molar-refractivity contribution in [1.29, 1.82) is 0 Å². The summed E-state index contributed by atoms with van der Waals surface area (Å²) in [7, 11) is 0. The van der Waals surface area contributed by atoms with E-state index in [4.69, 9.17) is 0 Å². The van der Waals surface area contributed by atoms with Crippen LogP contribution in [0.5, 0.6) is 0 Å². The number of hydrogen-bond acceptors (Lipinski definition) is 2. The normalized spacial score (nSPS) is 12.0. The van der Waals surface area contributed by atoms with Crippen LogP contribution < -0.4 is 0 Å². The topological polar surface area (TPSA) is 40.5 Å². The minimum absolute atomic E-state index is 0.330. The van der Waals surface area contributed by atoms with Crippen LogP contribution in [0.1, 0.15) is 35.6 Å². The van der Waals surface area contributed by atoms with Crippen molar-refractivity contribution in [3.8, 4) is 0 Å². The molecule has 0 saturated carbocycles. The van der Waals surface area contributed by atoms with E-state index in [-0.39, 0.29) is 5.91 Å². The van der Waals surface area contributed by atoms with Gasteiger partial charge in [-0.3, -0.25) is 10.0 Å². The summed E-state index contributed by atoms with van der Waals surface area (Å²) in [5.74, 6) is -0.759. The van der Waals surface area contributed by atoms with E-state index in [0.29, 0.717) is 0 Å². The number of amides is 1. The Bertz CT molecular complexity index is 764. The molecule has 0 aliphatic carbocycles. The molecule has 3 nitrogen and oxygen atoms in total. The molecule has 0 saturated heterocycles. The second-order valence-corrected chi connectivity index (χ2v) is 6.04. The first kappa shape index (κ1) is 16.9. The molecule has 3 aromatic carbocycles. The Morgan fingerprint density at radius 1 is 0.720 bits per heavy atom. The third-order valence-corrected chi connectivity index (χ3v) is 4.37. The first-order chi connectivity index (χ1) is 12.2. The molecule has 25 heavy (non-hydrogen) atoms. The summed E-state index contributed by atoms with van der Waals surface area (Å²) in [6.07, 6.45) is 0. The van der Waals surface area contributed by atoms with Gasteiger partial charge in [0, 0.05) is 0 Å². The maximum atomic E-state index is 12.9. The zero-order chi connectivity index (χ0) is 17.6. The molecule has 0 aliphatic rings. The number of benzene rings is 3. The van der Waals surface area contributed by atoms with Crippen LogP contribution in [0.25, 0.3) is 0 Å². The Hall–Kier alpha value is -2.91. The highest BCUT2D eigenvalue weighted by molar-refractivity contribution is 5.83. The van der Waals surface area contributed by atoms with E-state index in [1.807, 2.05) is 97.9 Å². The van der Waals surface area contributed by atoms with Gasteiger partial charge < -0.3 is 0 Å². The van der Waals surface area contributed by atoms with E-state index >= 15 is 0 Å². The summed E-state index contributed by atoms with van der Waals surface area (Å²) in [6.45, 7) is 1.81. The van der Waals surface area contributed by atoms with E-state index in [2.05, 4.69) is 0 Å². The average molecular weight is 331 g/mol. The smallest absolute Gasteiger partial charge is 0.254 e. The van der Waals surface area contributed by atoms with Gasteiger partial charge in [-0.1, -0.05) is 91.0 Å². The molecule has 0 aromatic heterocycles. The molecule has 0 bridgehead atoms. The van der Waals surface area contributed by atoms with Crippen molar-refractivity contribution in [3.63, 3.8) is 0 Å². The second kappa shape index (κ2) is 7.77. The summed E-state index contributed by atoms with van der Waals surface area (Å²) < 4.78 is 0. The van der Waals surface area contributed by atoms with Gasteiger partial charge in [-0.25, -0.2) is 5.06 Å². The molecule has 0 heterocycles.